The predicted molar refractivity (Wildman–Crippen MR) is 35.4 cm³/mol. The van der Waals surface area contributed by atoms with Crippen molar-refractivity contribution in [1.82, 2.24) is 0 Å². The Morgan fingerprint density at radius 1 is 1.20 bits per heavy atom. The first-order valence-electron chi connectivity index (χ1n) is 2.52. The first kappa shape index (κ1) is 11.2. The quantitative estimate of drug-likeness (QED) is 0.543. The molecule has 0 amide bonds. The van der Waals surface area contributed by atoms with Gasteiger partial charge >= 0.3 is 58.2 Å². The van der Waals surface area contributed by atoms with Gasteiger partial charge in [-0.25, -0.2) is 0 Å². The van der Waals surface area contributed by atoms with Gasteiger partial charge in [-0.3, -0.25) is 0 Å². The molecule has 0 radical (unpaired) electrons. The van der Waals surface area contributed by atoms with Crippen molar-refractivity contribution in [2.24, 2.45) is 0 Å². The van der Waals surface area contributed by atoms with Crippen LogP contribution in [0.5, 0.6) is 5.75 Å². The van der Waals surface area contributed by atoms with E-state index in [1.54, 1.807) is 12.1 Å². The van der Waals surface area contributed by atoms with E-state index < -0.39 is 9.03 Å². The Morgan fingerprint density at radius 2 is 1.80 bits per heavy atom. The minimum Gasteiger partial charge on any atom is -0.801 e. The van der Waals surface area contributed by atoms with Crippen LogP contribution in [-0.4, -0.2) is 0 Å². The second-order valence-corrected chi connectivity index (χ2v) is 1.87. The molecule has 10 heavy (non-hydrogen) atoms. The molecule has 0 heterocycles. The SMILES string of the molecule is [O-]POc1ccccc1.[Rb+]. The van der Waals surface area contributed by atoms with Crippen LogP contribution in [-0.2, 0) is 0 Å². The van der Waals surface area contributed by atoms with E-state index in [1.807, 2.05) is 18.2 Å². The first-order valence-corrected chi connectivity index (χ1v) is 3.34. The average molecular weight is 227 g/mol. The Hall–Kier alpha value is 1.22. The summed E-state index contributed by atoms with van der Waals surface area (Å²) in [7, 11) is -0.715. The van der Waals surface area contributed by atoms with Gasteiger partial charge in [0.2, 0.25) is 0 Å². The number of hydrogen-bond donors (Lipinski definition) is 0. The van der Waals surface area contributed by atoms with E-state index in [4.69, 9.17) is 0 Å². The van der Waals surface area contributed by atoms with Gasteiger partial charge in [0.05, 0.1) is 0 Å². The van der Waals surface area contributed by atoms with Gasteiger partial charge < -0.3 is 9.42 Å². The third-order valence-electron chi connectivity index (χ3n) is 0.903. The van der Waals surface area contributed by atoms with E-state index in [0.29, 0.717) is 5.75 Å². The maximum atomic E-state index is 9.90. The van der Waals surface area contributed by atoms with E-state index in [0.717, 1.165) is 0 Å². The monoisotopic (exact) mass is 226 g/mol. The predicted octanol–water partition coefficient (Wildman–Crippen LogP) is -2.06. The van der Waals surface area contributed by atoms with Gasteiger partial charge in [-0.15, -0.1) is 0 Å². The minimum atomic E-state index is -0.715. The molecule has 0 spiro atoms. The summed E-state index contributed by atoms with van der Waals surface area (Å²) < 4.78 is 4.68. The molecule has 1 rings (SSSR count). The molecule has 0 aliphatic heterocycles. The standard InChI is InChI=1S/C6H6O2P.Rb/c7-9-8-6-4-2-1-3-5-6;/h1-5,9H;/q-1;+1. The van der Waals surface area contributed by atoms with Crippen molar-refractivity contribution in [3.05, 3.63) is 30.3 Å². The smallest absolute Gasteiger partial charge is 0.801 e. The molecule has 1 aromatic rings. The second kappa shape index (κ2) is 6.90. The molecule has 1 atom stereocenters. The molecule has 1 aromatic carbocycles. The van der Waals surface area contributed by atoms with Crippen molar-refractivity contribution in [1.29, 1.82) is 0 Å². The molecule has 0 bridgehead atoms. The molecule has 0 fully saturated rings. The zero-order valence-corrected chi connectivity index (χ0v) is 11.6. The number of benzene rings is 1. The molecule has 0 aromatic heterocycles. The van der Waals surface area contributed by atoms with Crippen molar-refractivity contribution >= 4 is 9.03 Å². The van der Waals surface area contributed by atoms with Crippen molar-refractivity contribution in [3.8, 4) is 5.75 Å². The molecule has 0 aliphatic rings. The van der Waals surface area contributed by atoms with E-state index in [2.05, 4.69) is 4.52 Å². The van der Waals surface area contributed by atoms with Gasteiger partial charge in [0, 0.05) is 0 Å². The van der Waals surface area contributed by atoms with Crippen LogP contribution in [0, 0.1) is 0 Å². The second-order valence-electron chi connectivity index (χ2n) is 1.50. The molecule has 0 aliphatic carbocycles. The Bertz CT molecular complexity index is 169. The first-order chi connectivity index (χ1) is 4.43. The van der Waals surface area contributed by atoms with E-state index >= 15 is 0 Å². The average Bonchev–Trinajstić information content (AvgIpc) is 1.91. The Kier molecular flexibility index (Phi) is 7.73. The van der Waals surface area contributed by atoms with Crippen LogP contribution >= 0.6 is 9.03 Å². The van der Waals surface area contributed by atoms with Crippen molar-refractivity contribution in [2.75, 3.05) is 0 Å². The number of para-hydroxylation sites is 1. The van der Waals surface area contributed by atoms with E-state index in [-0.39, 0.29) is 58.2 Å². The van der Waals surface area contributed by atoms with Gasteiger partial charge in [-0.1, -0.05) is 18.2 Å². The van der Waals surface area contributed by atoms with Crippen molar-refractivity contribution in [2.45, 2.75) is 0 Å². The largest absolute Gasteiger partial charge is 1.00 e. The van der Waals surface area contributed by atoms with Crippen LogP contribution in [0.3, 0.4) is 0 Å². The van der Waals surface area contributed by atoms with Crippen molar-refractivity contribution < 1.29 is 67.6 Å². The van der Waals surface area contributed by atoms with Crippen LogP contribution in [0.15, 0.2) is 30.3 Å². The van der Waals surface area contributed by atoms with Gasteiger partial charge in [-0.2, -0.15) is 0 Å². The Morgan fingerprint density at radius 3 is 2.30 bits per heavy atom. The number of hydrogen-bond acceptors (Lipinski definition) is 2. The van der Waals surface area contributed by atoms with Gasteiger partial charge in [0.15, 0.2) is 0 Å². The van der Waals surface area contributed by atoms with Crippen LogP contribution in [0.1, 0.15) is 0 Å². The maximum absolute atomic E-state index is 9.90. The molecule has 0 N–H and O–H groups in total. The summed E-state index contributed by atoms with van der Waals surface area (Å²) in [4.78, 5) is 9.90. The zero-order chi connectivity index (χ0) is 6.53. The number of rotatable bonds is 2. The zero-order valence-electron chi connectivity index (χ0n) is 5.70. The third-order valence-corrected chi connectivity index (χ3v) is 1.22. The third kappa shape index (κ3) is 4.17. The maximum Gasteiger partial charge on any atom is 1.00 e. The van der Waals surface area contributed by atoms with Crippen LogP contribution in [0.4, 0.5) is 0 Å². The summed E-state index contributed by atoms with van der Waals surface area (Å²) in [6.45, 7) is 0. The van der Waals surface area contributed by atoms with Gasteiger partial charge in [0.1, 0.15) is 5.75 Å². The summed E-state index contributed by atoms with van der Waals surface area (Å²) in [5.74, 6) is 0.644. The normalized spacial score (nSPS) is 9.30. The summed E-state index contributed by atoms with van der Waals surface area (Å²) in [5.41, 5.74) is 0. The molecular weight excluding hydrogens is 221 g/mol. The van der Waals surface area contributed by atoms with Crippen molar-refractivity contribution in [3.63, 3.8) is 0 Å². The fourth-order valence-electron chi connectivity index (χ4n) is 0.537. The molecule has 48 valence electrons. The molecule has 1 unspecified atom stereocenters. The van der Waals surface area contributed by atoms with Crippen LogP contribution in [0.25, 0.3) is 0 Å². The van der Waals surface area contributed by atoms with Gasteiger partial charge in [-0.05, 0) is 21.2 Å². The molecule has 0 saturated carbocycles. The molecule has 2 nitrogen and oxygen atoms in total. The van der Waals surface area contributed by atoms with E-state index in [1.165, 1.54) is 0 Å². The van der Waals surface area contributed by atoms with E-state index in [9.17, 15) is 4.89 Å². The topological polar surface area (TPSA) is 32.3 Å². The molecule has 0 saturated heterocycles. The Balaban J connectivity index is 0.000000810. The molecule has 4 heteroatoms. The van der Waals surface area contributed by atoms with Crippen LogP contribution in [0.2, 0.25) is 0 Å². The minimum absolute atomic E-state index is 0. The summed E-state index contributed by atoms with van der Waals surface area (Å²) in [6, 6.07) is 9.04. The summed E-state index contributed by atoms with van der Waals surface area (Å²) in [5, 5.41) is 0. The molecular formula is C6H6O2PRb. The fourth-order valence-corrected chi connectivity index (χ4v) is 0.769. The van der Waals surface area contributed by atoms with Crippen LogP contribution < -0.4 is 67.6 Å². The summed E-state index contributed by atoms with van der Waals surface area (Å²) >= 11 is 0. The summed E-state index contributed by atoms with van der Waals surface area (Å²) in [6.07, 6.45) is 0. The fraction of sp³-hybridized carbons (Fsp3) is 0. The van der Waals surface area contributed by atoms with Gasteiger partial charge in [0.25, 0.3) is 0 Å². The Labute approximate surface area is 111 Å².